The molecule has 2 aromatic heterocycles. The van der Waals surface area contributed by atoms with E-state index in [2.05, 4.69) is 15.4 Å². The second-order valence-electron chi connectivity index (χ2n) is 6.01. The number of phenolic OH excluding ortho intramolecular Hbond substituents is 1. The summed E-state index contributed by atoms with van der Waals surface area (Å²) in [4.78, 5) is 4.53. The van der Waals surface area contributed by atoms with E-state index in [1.807, 2.05) is 47.1 Å². The van der Waals surface area contributed by atoms with Gasteiger partial charge in [-0.05, 0) is 29.8 Å². The lowest BCUT2D eigenvalue weighted by molar-refractivity contribution is 0.475. The van der Waals surface area contributed by atoms with Crippen molar-refractivity contribution in [1.82, 2.24) is 14.6 Å². The molecule has 0 fully saturated rings. The highest BCUT2D eigenvalue weighted by atomic mass is 35.5. The maximum Gasteiger partial charge on any atom is 0.137 e. The summed E-state index contributed by atoms with van der Waals surface area (Å²) in [7, 11) is 0. The molecule has 0 saturated heterocycles. The van der Waals surface area contributed by atoms with E-state index in [0.717, 1.165) is 33.6 Å². The van der Waals surface area contributed by atoms with Gasteiger partial charge in [-0.1, -0.05) is 35.9 Å². The van der Waals surface area contributed by atoms with E-state index in [1.54, 1.807) is 18.5 Å². The SMILES string of the molecule is Oc1ccc(C2Nc3ccccc3-c3ncnn4ccc2c34)cc1Cl. The van der Waals surface area contributed by atoms with Crippen LogP contribution in [0.3, 0.4) is 0 Å². The molecule has 5 nitrogen and oxygen atoms in total. The van der Waals surface area contributed by atoms with Gasteiger partial charge in [0.25, 0.3) is 0 Å². The standard InChI is InChI=1S/C19H13ClN4O/c20-14-9-11(5-6-16(14)25)17-13-7-8-24-19(13)18(21-10-22-24)12-3-1-2-4-15(12)23-17/h1-10,17,23,25H. The number of anilines is 1. The maximum absolute atomic E-state index is 9.75. The third-order valence-corrected chi connectivity index (χ3v) is 4.89. The summed E-state index contributed by atoms with van der Waals surface area (Å²) in [5.41, 5.74) is 5.91. The Balaban J connectivity index is 1.83. The van der Waals surface area contributed by atoms with Gasteiger partial charge in [0.1, 0.15) is 17.8 Å². The quantitative estimate of drug-likeness (QED) is 0.539. The summed E-state index contributed by atoms with van der Waals surface area (Å²) in [5.74, 6) is 0.0743. The third kappa shape index (κ3) is 2.09. The molecule has 2 N–H and O–H groups in total. The smallest absolute Gasteiger partial charge is 0.137 e. The molecule has 6 heteroatoms. The molecule has 122 valence electrons. The van der Waals surface area contributed by atoms with Gasteiger partial charge in [0.2, 0.25) is 0 Å². The molecule has 1 aliphatic heterocycles. The van der Waals surface area contributed by atoms with Gasteiger partial charge in [-0.3, -0.25) is 0 Å². The summed E-state index contributed by atoms with van der Waals surface area (Å²) in [6, 6.07) is 15.3. The van der Waals surface area contributed by atoms with E-state index in [-0.39, 0.29) is 11.8 Å². The van der Waals surface area contributed by atoms with Crippen LogP contribution in [0.15, 0.2) is 61.1 Å². The van der Waals surface area contributed by atoms with Crippen molar-refractivity contribution in [2.24, 2.45) is 0 Å². The highest BCUT2D eigenvalue weighted by molar-refractivity contribution is 6.32. The van der Waals surface area contributed by atoms with Crippen LogP contribution in [0.1, 0.15) is 17.2 Å². The van der Waals surface area contributed by atoms with Crippen molar-refractivity contribution in [3.05, 3.63) is 77.2 Å². The Bertz CT molecular complexity index is 1120. The maximum atomic E-state index is 9.75. The Morgan fingerprint density at radius 1 is 1.12 bits per heavy atom. The van der Waals surface area contributed by atoms with Crippen molar-refractivity contribution in [3.8, 4) is 17.0 Å². The average Bonchev–Trinajstić information content (AvgIpc) is 3.00. The summed E-state index contributed by atoms with van der Waals surface area (Å²) in [6.45, 7) is 0. The van der Waals surface area contributed by atoms with E-state index in [1.165, 1.54) is 0 Å². The molecule has 1 unspecified atom stereocenters. The average molecular weight is 349 g/mol. The van der Waals surface area contributed by atoms with Gasteiger partial charge in [0, 0.05) is 23.0 Å². The number of phenols is 1. The van der Waals surface area contributed by atoms with Crippen molar-refractivity contribution in [3.63, 3.8) is 0 Å². The monoisotopic (exact) mass is 348 g/mol. The minimum Gasteiger partial charge on any atom is -0.506 e. The molecule has 4 aromatic rings. The van der Waals surface area contributed by atoms with Crippen LogP contribution in [0, 0.1) is 0 Å². The Morgan fingerprint density at radius 2 is 2.00 bits per heavy atom. The van der Waals surface area contributed by atoms with Crippen molar-refractivity contribution in [2.75, 3.05) is 5.32 Å². The van der Waals surface area contributed by atoms with Crippen LogP contribution < -0.4 is 5.32 Å². The van der Waals surface area contributed by atoms with Crippen LogP contribution in [0.25, 0.3) is 16.8 Å². The fourth-order valence-electron chi connectivity index (χ4n) is 3.42. The van der Waals surface area contributed by atoms with Crippen molar-refractivity contribution in [2.45, 2.75) is 6.04 Å². The lowest BCUT2D eigenvalue weighted by atomic mass is 9.99. The minimum absolute atomic E-state index is 0.0743. The molecular weight excluding hydrogens is 336 g/mol. The van der Waals surface area contributed by atoms with E-state index in [0.29, 0.717) is 5.02 Å². The van der Waals surface area contributed by atoms with Crippen LogP contribution in [-0.4, -0.2) is 19.7 Å². The van der Waals surface area contributed by atoms with E-state index >= 15 is 0 Å². The van der Waals surface area contributed by atoms with Gasteiger partial charge < -0.3 is 10.4 Å². The van der Waals surface area contributed by atoms with E-state index < -0.39 is 0 Å². The lowest BCUT2D eigenvalue weighted by Gasteiger charge is -2.19. The predicted octanol–water partition coefficient (Wildman–Crippen LogP) is 4.27. The predicted molar refractivity (Wildman–Crippen MR) is 97.0 cm³/mol. The topological polar surface area (TPSA) is 62.5 Å². The molecule has 0 aliphatic carbocycles. The number of fused-ring (bicyclic) bond motifs is 2. The van der Waals surface area contributed by atoms with Gasteiger partial charge in [-0.2, -0.15) is 5.10 Å². The number of halogens is 1. The summed E-state index contributed by atoms with van der Waals surface area (Å²) in [6.07, 6.45) is 3.50. The minimum atomic E-state index is -0.128. The van der Waals surface area contributed by atoms with Crippen LogP contribution in [0.2, 0.25) is 5.02 Å². The second kappa shape index (κ2) is 5.22. The number of nitrogens with one attached hydrogen (secondary N) is 1. The summed E-state index contributed by atoms with van der Waals surface area (Å²) >= 11 is 6.14. The van der Waals surface area contributed by atoms with Crippen molar-refractivity contribution < 1.29 is 5.11 Å². The van der Waals surface area contributed by atoms with Crippen LogP contribution in [-0.2, 0) is 0 Å². The number of benzene rings is 2. The van der Waals surface area contributed by atoms with Crippen LogP contribution >= 0.6 is 11.6 Å². The number of rotatable bonds is 1. The number of hydrogen-bond donors (Lipinski definition) is 2. The number of aromatic nitrogens is 3. The third-order valence-electron chi connectivity index (χ3n) is 4.58. The normalized spacial score (nSPS) is 15.5. The zero-order chi connectivity index (χ0) is 17.0. The number of aromatic hydroxyl groups is 1. The molecule has 2 aromatic carbocycles. The highest BCUT2D eigenvalue weighted by Crippen LogP contribution is 2.41. The fraction of sp³-hybridized carbons (Fsp3) is 0.0526. The first-order chi connectivity index (χ1) is 12.2. The summed E-state index contributed by atoms with van der Waals surface area (Å²) < 4.78 is 1.84. The lowest BCUT2D eigenvalue weighted by Crippen LogP contribution is -2.11. The Hall–Kier alpha value is -3.05. The van der Waals surface area contributed by atoms with Gasteiger partial charge in [0.15, 0.2) is 0 Å². The molecule has 0 saturated carbocycles. The number of hydrogen-bond acceptors (Lipinski definition) is 4. The molecular formula is C19H13ClN4O. The van der Waals surface area contributed by atoms with E-state index in [9.17, 15) is 5.11 Å². The first-order valence-electron chi connectivity index (χ1n) is 7.89. The molecule has 0 spiro atoms. The number of para-hydroxylation sites is 1. The Morgan fingerprint density at radius 3 is 2.88 bits per heavy atom. The zero-order valence-corrected chi connectivity index (χ0v) is 13.8. The van der Waals surface area contributed by atoms with Gasteiger partial charge in [-0.15, -0.1) is 0 Å². The number of nitrogens with zero attached hydrogens (tertiary/aromatic N) is 3. The van der Waals surface area contributed by atoms with Gasteiger partial charge >= 0.3 is 0 Å². The first kappa shape index (κ1) is 14.3. The zero-order valence-electron chi connectivity index (χ0n) is 13.0. The first-order valence-corrected chi connectivity index (χ1v) is 8.27. The fourth-order valence-corrected chi connectivity index (χ4v) is 3.61. The summed E-state index contributed by atoms with van der Waals surface area (Å²) in [5, 5.41) is 18.0. The molecule has 1 atom stereocenters. The molecule has 0 amide bonds. The van der Waals surface area contributed by atoms with Crippen LogP contribution in [0.5, 0.6) is 5.75 Å². The molecule has 25 heavy (non-hydrogen) atoms. The van der Waals surface area contributed by atoms with E-state index in [4.69, 9.17) is 11.6 Å². The highest BCUT2D eigenvalue weighted by Gasteiger charge is 2.26. The molecule has 5 rings (SSSR count). The molecule has 0 bridgehead atoms. The van der Waals surface area contributed by atoms with Crippen molar-refractivity contribution >= 4 is 22.8 Å². The largest absolute Gasteiger partial charge is 0.506 e. The Labute approximate surface area is 148 Å². The van der Waals surface area contributed by atoms with Gasteiger partial charge in [-0.25, -0.2) is 9.50 Å². The molecule has 1 aliphatic rings. The molecule has 3 heterocycles. The molecule has 0 radical (unpaired) electrons. The Kier molecular flexibility index (Phi) is 2.99. The van der Waals surface area contributed by atoms with Crippen LogP contribution in [0.4, 0.5) is 5.69 Å². The van der Waals surface area contributed by atoms with Crippen molar-refractivity contribution in [1.29, 1.82) is 0 Å². The van der Waals surface area contributed by atoms with Gasteiger partial charge in [0.05, 0.1) is 16.6 Å². The second-order valence-corrected chi connectivity index (χ2v) is 6.41.